The smallest absolute Gasteiger partial charge is 0.0502 e. The molecule has 1 rings (SSSR count). The lowest BCUT2D eigenvalue weighted by Gasteiger charge is -2.18. The fourth-order valence-electron chi connectivity index (χ4n) is 2.06. The van der Waals surface area contributed by atoms with E-state index in [1.807, 2.05) is 0 Å². The standard InChI is InChI=1S/C14H25N/c1-4-12(3)11-13(5-2)15-14-9-7-6-8-10-14/h11,14H,4-10H2,1-3H3. The lowest BCUT2D eigenvalue weighted by molar-refractivity contribution is 0.443. The summed E-state index contributed by atoms with van der Waals surface area (Å²) in [6.07, 6.45) is 11.3. The van der Waals surface area contributed by atoms with Crippen LogP contribution in [0.1, 0.15) is 65.7 Å². The molecule has 0 aliphatic heterocycles. The number of allylic oxidation sites excluding steroid dienone is 2. The van der Waals surface area contributed by atoms with Gasteiger partial charge in [0.25, 0.3) is 0 Å². The van der Waals surface area contributed by atoms with Crippen molar-refractivity contribution in [2.24, 2.45) is 4.99 Å². The molecule has 1 aliphatic carbocycles. The van der Waals surface area contributed by atoms with Crippen molar-refractivity contribution in [3.05, 3.63) is 11.6 Å². The van der Waals surface area contributed by atoms with Crippen molar-refractivity contribution in [2.45, 2.75) is 71.8 Å². The molecule has 0 N–H and O–H groups in total. The van der Waals surface area contributed by atoms with Crippen LogP contribution in [0.3, 0.4) is 0 Å². The number of aliphatic imine (C=N–C) groups is 1. The van der Waals surface area contributed by atoms with Gasteiger partial charge in [-0.15, -0.1) is 0 Å². The highest BCUT2D eigenvalue weighted by Gasteiger charge is 2.11. The van der Waals surface area contributed by atoms with Crippen LogP contribution in [0.2, 0.25) is 0 Å². The molecule has 1 aliphatic rings. The summed E-state index contributed by atoms with van der Waals surface area (Å²) in [6.45, 7) is 6.62. The molecule has 86 valence electrons. The number of nitrogens with zero attached hydrogens (tertiary/aromatic N) is 1. The molecule has 0 aromatic carbocycles. The fraction of sp³-hybridized carbons (Fsp3) is 0.786. The largest absolute Gasteiger partial charge is 0.286 e. The molecule has 0 spiro atoms. The van der Waals surface area contributed by atoms with E-state index in [2.05, 4.69) is 26.8 Å². The van der Waals surface area contributed by atoms with Crippen LogP contribution in [0.15, 0.2) is 16.6 Å². The Kier molecular flexibility index (Phi) is 5.67. The molecule has 0 atom stereocenters. The van der Waals surface area contributed by atoms with Gasteiger partial charge in [-0.1, -0.05) is 38.7 Å². The topological polar surface area (TPSA) is 12.4 Å². The highest BCUT2D eigenvalue weighted by atomic mass is 14.8. The van der Waals surface area contributed by atoms with Crippen LogP contribution in [0.4, 0.5) is 0 Å². The molecule has 0 saturated heterocycles. The van der Waals surface area contributed by atoms with E-state index in [0.717, 1.165) is 12.8 Å². The molecule has 0 amide bonds. The van der Waals surface area contributed by atoms with Gasteiger partial charge in [-0.2, -0.15) is 0 Å². The van der Waals surface area contributed by atoms with E-state index in [1.54, 1.807) is 0 Å². The number of hydrogen-bond acceptors (Lipinski definition) is 1. The van der Waals surface area contributed by atoms with Crippen LogP contribution in [0, 0.1) is 0 Å². The Morgan fingerprint density at radius 3 is 2.33 bits per heavy atom. The van der Waals surface area contributed by atoms with Crippen LogP contribution in [-0.2, 0) is 0 Å². The quantitative estimate of drug-likeness (QED) is 0.601. The summed E-state index contributed by atoms with van der Waals surface area (Å²) in [4.78, 5) is 4.88. The van der Waals surface area contributed by atoms with Gasteiger partial charge in [0, 0.05) is 5.71 Å². The summed E-state index contributed by atoms with van der Waals surface area (Å²) < 4.78 is 0. The Balaban J connectivity index is 2.59. The van der Waals surface area contributed by atoms with Gasteiger partial charge in [0.15, 0.2) is 0 Å². The highest BCUT2D eigenvalue weighted by Crippen LogP contribution is 2.21. The van der Waals surface area contributed by atoms with Crippen molar-refractivity contribution in [1.82, 2.24) is 0 Å². The van der Waals surface area contributed by atoms with Gasteiger partial charge in [-0.3, -0.25) is 4.99 Å². The van der Waals surface area contributed by atoms with Crippen molar-refractivity contribution in [3.63, 3.8) is 0 Å². The summed E-state index contributed by atoms with van der Waals surface area (Å²) in [6, 6.07) is 0.620. The molecule has 1 saturated carbocycles. The minimum absolute atomic E-state index is 0.620. The maximum absolute atomic E-state index is 4.88. The summed E-state index contributed by atoms with van der Waals surface area (Å²) in [5.74, 6) is 0. The average Bonchev–Trinajstić information content (AvgIpc) is 2.29. The van der Waals surface area contributed by atoms with Crippen LogP contribution in [0.5, 0.6) is 0 Å². The third-order valence-corrected chi connectivity index (χ3v) is 3.26. The molecule has 0 bridgehead atoms. The summed E-state index contributed by atoms with van der Waals surface area (Å²) in [5.41, 5.74) is 2.76. The Labute approximate surface area is 94.7 Å². The van der Waals surface area contributed by atoms with Crippen LogP contribution in [0.25, 0.3) is 0 Å². The maximum atomic E-state index is 4.88. The molecule has 0 unspecified atom stereocenters. The summed E-state index contributed by atoms with van der Waals surface area (Å²) >= 11 is 0. The first-order chi connectivity index (χ1) is 7.26. The lowest BCUT2D eigenvalue weighted by Crippen LogP contribution is -2.12. The van der Waals surface area contributed by atoms with Gasteiger partial charge in [0.2, 0.25) is 0 Å². The Morgan fingerprint density at radius 1 is 1.13 bits per heavy atom. The molecular weight excluding hydrogens is 182 g/mol. The zero-order valence-electron chi connectivity index (χ0n) is 10.6. The summed E-state index contributed by atoms with van der Waals surface area (Å²) in [5, 5.41) is 0. The van der Waals surface area contributed by atoms with Crippen LogP contribution in [-0.4, -0.2) is 11.8 Å². The van der Waals surface area contributed by atoms with Crippen LogP contribution < -0.4 is 0 Å². The van der Waals surface area contributed by atoms with Gasteiger partial charge in [-0.25, -0.2) is 0 Å². The van der Waals surface area contributed by atoms with E-state index in [4.69, 9.17) is 4.99 Å². The minimum atomic E-state index is 0.620. The second-order valence-corrected chi connectivity index (χ2v) is 4.61. The zero-order valence-corrected chi connectivity index (χ0v) is 10.6. The van der Waals surface area contributed by atoms with Crippen molar-refractivity contribution < 1.29 is 0 Å². The van der Waals surface area contributed by atoms with E-state index in [0.29, 0.717) is 6.04 Å². The molecule has 0 radical (unpaired) electrons. The highest BCUT2D eigenvalue weighted by molar-refractivity contribution is 5.95. The van der Waals surface area contributed by atoms with Crippen molar-refractivity contribution in [3.8, 4) is 0 Å². The Morgan fingerprint density at radius 2 is 1.80 bits per heavy atom. The SMILES string of the molecule is CCC(C)=CC(CC)=NC1CCCCC1. The van der Waals surface area contributed by atoms with E-state index < -0.39 is 0 Å². The molecule has 0 aromatic heterocycles. The van der Waals surface area contributed by atoms with Crippen molar-refractivity contribution in [1.29, 1.82) is 0 Å². The van der Waals surface area contributed by atoms with Gasteiger partial charge >= 0.3 is 0 Å². The second-order valence-electron chi connectivity index (χ2n) is 4.61. The molecular formula is C14H25N. The van der Waals surface area contributed by atoms with Crippen molar-refractivity contribution >= 4 is 5.71 Å². The zero-order chi connectivity index (χ0) is 11.1. The number of hydrogen-bond donors (Lipinski definition) is 0. The third-order valence-electron chi connectivity index (χ3n) is 3.26. The second kappa shape index (κ2) is 6.81. The average molecular weight is 207 g/mol. The predicted octanol–water partition coefficient (Wildman–Crippen LogP) is 4.53. The van der Waals surface area contributed by atoms with Gasteiger partial charge in [0.1, 0.15) is 0 Å². The lowest BCUT2D eigenvalue weighted by atomic mass is 9.96. The summed E-state index contributed by atoms with van der Waals surface area (Å²) in [7, 11) is 0. The minimum Gasteiger partial charge on any atom is -0.286 e. The fourth-order valence-corrected chi connectivity index (χ4v) is 2.06. The van der Waals surface area contributed by atoms with Crippen LogP contribution >= 0.6 is 0 Å². The van der Waals surface area contributed by atoms with Crippen molar-refractivity contribution in [2.75, 3.05) is 0 Å². The van der Waals surface area contributed by atoms with E-state index >= 15 is 0 Å². The molecule has 1 fully saturated rings. The first-order valence-corrected chi connectivity index (χ1v) is 6.50. The van der Waals surface area contributed by atoms with E-state index in [-0.39, 0.29) is 0 Å². The Bertz CT molecular complexity index is 232. The third kappa shape index (κ3) is 4.63. The molecule has 1 heteroatoms. The first-order valence-electron chi connectivity index (χ1n) is 6.50. The predicted molar refractivity (Wildman–Crippen MR) is 68.6 cm³/mol. The van der Waals surface area contributed by atoms with Gasteiger partial charge in [0.05, 0.1) is 6.04 Å². The Hall–Kier alpha value is -0.590. The van der Waals surface area contributed by atoms with Gasteiger partial charge < -0.3 is 0 Å². The molecule has 15 heavy (non-hydrogen) atoms. The van der Waals surface area contributed by atoms with E-state index in [1.165, 1.54) is 43.4 Å². The maximum Gasteiger partial charge on any atom is 0.0502 e. The monoisotopic (exact) mass is 207 g/mol. The first kappa shape index (κ1) is 12.5. The molecule has 1 nitrogen and oxygen atoms in total. The van der Waals surface area contributed by atoms with E-state index in [9.17, 15) is 0 Å². The normalized spacial score (nSPS) is 20.7. The van der Waals surface area contributed by atoms with Gasteiger partial charge in [-0.05, 0) is 38.7 Å². The molecule has 0 aromatic rings. The number of rotatable bonds is 4. The molecule has 0 heterocycles.